The van der Waals surface area contributed by atoms with Crippen molar-refractivity contribution in [3.05, 3.63) is 75.7 Å². The number of hydrazone groups is 1. The lowest BCUT2D eigenvalue weighted by Gasteiger charge is -2.03. The number of aromatic nitrogens is 2. The minimum Gasteiger partial charge on any atom is -0.267 e. The van der Waals surface area contributed by atoms with E-state index in [9.17, 15) is 9.59 Å². The number of hydrogen-bond acceptors (Lipinski definition) is 4. The Bertz CT molecular complexity index is 960. The smallest absolute Gasteiger partial charge is 0.267 e. The molecule has 1 aromatic heterocycles. The maximum atomic E-state index is 12.2. The van der Waals surface area contributed by atoms with Crippen LogP contribution >= 0.6 is 0 Å². The number of benzene rings is 2. The Morgan fingerprint density at radius 3 is 2.74 bits per heavy atom. The molecule has 0 fully saturated rings. The van der Waals surface area contributed by atoms with Crippen LogP contribution in [0.2, 0.25) is 0 Å². The number of nitrogens with one attached hydrogen (secondary N) is 2. The molecule has 0 saturated heterocycles. The summed E-state index contributed by atoms with van der Waals surface area (Å²) >= 11 is 0. The van der Waals surface area contributed by atoms with Gasteiger partial charge in [-0.1, -0.05) is 48.0 Å². The molecule has 2 aromatic carbocycles. The summed E-state index contributed by atoms with van der Waals surface area (Å²) in [6.07, 6.45) is 1.55. The highest BCUT2D eigenvalue weighted by Crippen LogP contribution is 2.12. The molecule has 0 aliphatic rings. The topological polar surface area (TPSA) is 87.2 Å². The third-order valence-corrected chi connectivity index (χ3v) is 3.33. The van der Waals surface area contributed by atoms with E-state index in [4.69, 9.17) is 0 Å². The predicted molar refractivity (Wildman–Crippen MR) is 88.6 cm³/mol. The average Bonchev–Trinajstić information content (AvgIpc) is 2.55. The molecule has 2 N–H and O–H groups in total. The van der Waals surface area contributed by atoms with Crippen molar-refractivity contribution >= 4 is 22.9 Å². The lowest BCUT2D eigenvalue weighted by atomic mass is 10.1. The monoisotopic (exact) mass is 306 g/mol. The van der Waals surface area contributed by atoms with Crippen molar-refractivity contribution in [1.82, 2.24) is 15.6 Å². The van der Waals surface area contributed by atoms with Crippen molar-refractivity contribution in [3.63, 3.8) is 0 Å². The summed E-state index contributed by atoms with van der Waals surface area (Å²) in [5.41, 5.74) is 4.20. The van der Waals surface area contributed by atoms with E-state index in [-0.39, 0.29) is 11.3 Å². The van der Waals surface area contributed by atoms with Crippen LogP contribution in [0.25, 0.3) is 10.8 Å². The Morgan fingerprint density at radius 1 is 1.17 bits per heavy atom. The van der Waals surface area contributed by atoms with Gasteiger partial charge in [0.2, 0.25) is 0 Å². The van der Waals surface area contributed by atoms with Gasteiger partial charge in [-0.2, -0.15) is 10.2 Å². The van der Waals surface area contributed by atoms with Crippen molar-refractivity contribution in [3.8, 4) is 0 Å². The molecule has 6 heteroatoms. The molecule has 0 saturated carbocycles. The Hall–Kier alpha value is -3.28. The van der Waals surface area contributed by atoms with E-state index in [0.29, 0.717) is 10.8 Å². The normalized spacial score (nSPS) is 11.0. The summed E-state index contributed by atoms with van der Waals surface area (Å²) < 4.78 is 0. The molecule has 114 valence electrons. The highest BCUT2D eigenvalue weighted by molar-refractivity contribution is 6.04. The van der Waals surface area contributed by atoms with Crippen molar-refractivity contribution < 1.29 is 4.79 Å². The first-order valence-electron chi connectivity index (χ1n) is 7.02. The molecule has 1 amide bonds. The molecule has 3 rings (SSSR count). The molecule has 0 bridgehead atoms. The highest BCUT2D eigenvalue weighted by atomic mass is 16.2. The van der Waals surface area contributed by atoms with Crippen LogP contribution in [-0.4, -0.2) is 22.3 Å². The standard InChI is InChI=1S/C17H14N4O2/c1-11-5-4-6-12(9-11)10-18-20-17(23)15-13-7-2-3-8-14(13)16(22)21-19-15/h2-10H,1H3,(H,20,23)(H,21,22)/b18-10+. The number of rotatable bonds is 3. The van der Waals surface area contributed by atoms with Crippen LogP contribution < -0.4 is 11.0 Å². The maximum Gasteiger partial charge on any atom is 0.292 e. The van der Waals surface area contributed by atoms with Crippen molar-refractivity contribution in [2.75, 3.05) is 0 Å². The Labute approximate surface area is 131 Å². The number of H-pyrrole nitrogens is 1. The number of aromatic amines is 1. The van der Waals surface area contributed by atoms with Crippen LogP contribution in [-0.2, 0) is 0 Å². The molecule has 0 aliphatic carbocycles. The van der Waals surface area contributed by atoms with E-state index in [1.165, 1.54) is 0 Å². The SMILES string of the molecule is Cc1cccc(/C=N/NC(=O)c2n[nH]c(=O)c3ccccc23)c1. The van der Waals surface area contributed by atoms with Gasteiger partial charge in [0.25, 0.3) is 11.5 Å². The minimum absolute atomic E-state index is 0.126. The summed E-state index contributed by atoms with van der Waals surface area (Å²) in [5, 5.41) is 11.0. The number of fused-ring (bicyclic) bond motifs is 1. The first-order valence-corrected chi connectivity index (χ1v) is 7.02. The van der Waals surface area contributed by atoms with Crippen molar-refractivity contribution in [2.45, 2.75) is 6.92 Å². The summed E-state index contributed by atoms with van der Waals surface area (Å²) in [7, 11) is 0. The molecule has 1 heterocycles. The maximum absolute atomic E-state index is 12.2. The van der Waals surface area contributed by atoms with Crippen LogP contribution in [0, 0.1) is 6.92 Å². The number of carbonyl (C=O) groups excluding carboxylic acids is 1. The summed E-state index contributed by atoms with van der Waals surface area (Å²) in [4.78, 5) is 23.9. The molecule has 3 aromatic rings. The van der Waals surface area contributed by atoms with Gasteiger partial charge in [0, 0.05) is 5.39 Å². The first kappa shape index (κ1) is 14.6. The lowest BCUT2D eigenvalue weighted by Crippen LogP contribution is -2.22. The molecule has 0 spiro atoms. The number of carbonyl (C=O) groups is 1. The second-order valence-electron chi connectivity index (χ2n) is 5.06. The lowest BCUT2D eigenvalue weighted by molar-refractivity contribution is 0.0951. The molecule has 0 radical (unpaired) electrons. The van der Waals surface area contributed by atoms with Gasteiger partial charge in [0.1, 0.15) is 0 Å². The highest BCUT2D eigenvalue weighted by Gasteiger charge is 2.12. The number of nitrogens with zero attached hydrogens (tertiary/aromatic N) is 2. The van der Waals surface area contributed by atoms with E-state index in [0.717, 1.165) is 11.1 Å². The van der Waals surface area contributed by atoms with Crippen LogP contribution in [0.3, 0.4) is 0 Å². The van der Waals surface area contributed by atoms with Gasteiger partial charge in [-0.15, -0.1) is 0 Å². The van der Waals surface area contributed by atoms with Gasteiger partial charge in [-0.3, -0.25) is 9.59 Å². The van der Waals surface area contributed by atoms with Crippen LogP contribution in [0.15, 0.2) is 58.4 Å². The third-order valence-electron chi connectivity index (χ3n) is 3.33. The largest absolute Gasteiger partial charge is 0.292 e. The second kappa shape index (κ2) is 6.23. The van der Waals surface area contributed by atoms with E-state index in [2.05, 4.69) is 20.7 Å². The summed E-state index contributed by atoms with van der Waals surface area (Å²) in [5.74, 6) is -0.485. The van der Waals surface area contributed by atoms with Gasteiger partial charge in [0.15, 0.2) is 5.69 Å². The van der Waals surface area contributed by atoms with E-state index < -0.39 is 5.91 Å². The van der Waals surface area contributed by atoms with Crippen molar-refractivity contribution in [1.29, 1.82) is 0 Å². The molecule has 6 nitrogen and oxygen atoms in total. The number of hydrogen-bond donors (Lipinski definition) is 2. The predicted octanol–water partition coefficient (Wildman–Crippen LogP) is 2.00. The summed E-state index contributed by atoms with van der Waals surface area (Å²) in [6.45, 7) is 1.98. The fourth-order valence-corrected chi connectivity index (χ4v) is 2.26. The number of amides is 1. The Kier molecular flexibility index (Phi) is 3.97. The molecular formula is C17H14N4O2. The van der Waals surface area contributed by atoms with Gasteiger partial charge >= 0.3 is 0 Å². The zero-order valence-corrected chi connectivity index (χ0v) is 12.4. The van der Waals surface area contributed by atoms with E-state index in [1.54, 1.807) is 30.5 Å². The molecular weight excluding hydrogens is 292 g/mol. The van der Waals surface area contributed by atoms with Gasteiger partial charge in [-0.05, 0) is 18.6 Å². The third kappa shape index (κ3) is 3.16. The second-order valence-corrected chi connectivity index (χ2v) is 5.06. The van der Waals surface area contributed by atoms with Gasteiger partial charge < -0.3 is 0 Å². The van der Waals surface area contributed by atoms with Crippen LogP contribution in [0.5, 0.6) is 0 Å². The van der Waals surface area contributed by atoms with Crippen molar-refractivity contribution in [2.24, 2.45) is 5.10 Å². The Morgan fingerprint density at radius 2 is 1.96 bits per heavy atom. The number of aryl methyl sites for hydroxylation is 1. The van der Waals surface area contributed by atoms with Gasteiger partial charge in [0.05, 0.1) is 11.6 Å². The fraction of sp³-hybridized carbons (Fsp3) is 0.0588. The zero-order valence-electron chi connectivity index (χ0n) is 12.4. The fourth-order valence-electron chi connectivity index (χ4n) is 2.26. The van der Waals surface area contributed by atoms with E-state index in [1.807, 2.05) is 31.2 Å². The first-order chi connectivity index (χ1) is 11.1. The molecule has 23 heavy (non-hydrogen) atoms. The quantitative estimate of drug-likeness (QED) is 0.573. The van der Waals surface area contributed by atoms with E-state index >= 15 is 0 Å². The molecule has 0 atom stereocenters. The zero-order chi connectivity index (χ0) is 16.2. The minimum atomic E-state index is -0.485. The average molecular weight is 306 g/mol. The molecule has 0 unspecified atom stereocenters. The van der Waals surface area contributed by atoms with Gasteiger partial charge in [-0.25, -0.2) is 10.5 Å². The molecule has 0 aliphatic heterocycles. The van der Waals surface area contributed by atoms with Crippen LogP contribution in [0.1, 0.15) is 21.6 Å². The Balaban J connectivity index is 1.84. The van der Waals surface area contributed by atoms with Crippen LogP contribution in [0.4, 0.5) is 0 Å². The summed E-state index contributed by atoms with van der Waals surface area (Å²) in [6, 6.07) is 14.5.